The third kappa shape index (κ3) is 4.69. The fourth-order valence-electron chi connectivity index (χ4n) is 1.26. The molecule has 4 heteroatoms. The van der Waals surface area contributed by atoms with Gasteiger partial charge >= 0.3 is 0 Å². The number of benzene rings is 1. The van der Waals surface area contributed by atoms with Crippen LogP contribution in [0, 0.1) is 17.7 Å². The van der Waals surface area contributed by atoms with Crippen molar-refractivity contribution in [2.75, 3.05) is 6.61 Å². The number of aliphatic hydroxyl groups is 2. The number of hydrogen-bond acceptors (Lipinski definition) is 3. The first-order valence-corrected chi connectivity index (χ1v) is 6.77. The van der Waals surface area contributed by atoms with E-state index in [1.54, 1.807) is 30.8 Å². The van der Waals surface area contributed by atoms with Gasteiger partial charge in [0.25, 0.3) is 0 Å². The maximum Gasteiger partial charge on any atom is 0.138 e. The van der Waals surface area contributed by atoms with Gasteiger partial charge in [0, 0.05) is 11.0 Å². The van der Waals surface area contributed by atoms with E-state index in [0.29, 0.717) is 11.3 Å². The Morgan fingerprint density at radius 1 is 1.39 bits per heavy atom. The van der Waals surface area contributed by atoms with Gasteiger partial charge in [0.2, 0.25) is 0 Å². The molecule has 1 aromatic carbocycles. The molecule has 0 aromatic heterocycles. The smallest absolute Gasteiger partial charge is 0.138 e. The summed E-state index contributed by atoms with van der Waals surface area (Å²) in [6.07, 6.45) is -0.371. The molecule has 2 atom stereocenters. The van der Waals surface area contributed by atoms with Crippen LogP contribution >= 0.6 is 11.8 Å². The van der Waals surface area contributed by atoms with Crippen LogP contribution in [0.3, 0.4) is 0 Å². The van der Waals surface area contributed by atoms with Crippen molar-refractivity contribution < 1.29 is 14.6 Å². The highest BCUT2D eigenvalue weighted by atomic mass is 32.2. The lowest BCUT2D eigenvalue weighted by atomic mass is 10.1. The Bertz CT molecular complexity index is 449. The average Bonchev–Trinajstić information content (AvgIpc) is 2.35. The first kappa shape index (κ1) is 15.0. The van der Waals surface area contributed by atoms with Crippen LogP contribution in [0.2, 0.25) is 0 Å². The number of aliphatic hydroxyl groups excluding tert-OH is 2. The van der Waals surface area contributed by atoms with Gasteiger partial charge in [-0.2, -0.15) is 11.8 Å². The molecule has 0 heterocycles. The van der Waals surface area contributed by atoms with Gasteiger partial charge in [0.05, 0.1) is 11.7 Å². The van der Waals surface area contributed by atoms with Gasteiger partial charge in [-0.3, -0.25) is 0 Å². The highest BCUT2D eigenvalue weighted by Gasteiger charge is 2.09. The van der Waals surface area contributed by atoms with Crippen molar-refractivity contribution in [3.63, 3.8) is 0 Å². The largest absolute Gasteiger partial charge is 0.392 e. The Labute approximate surface area is 111 Å². The van der Waals surface area contributed by atoms with Gasteiger partial charge in [-0.1, -0.05) is 24.8 Å². The molecule has 0 saturated heterocycles. The summed E-state index contributed by atoms with van der Waals surface area (Å²) in [6.45, 7) is 3.42. The van der Waals surface area contributed by atoms with Gasteiger partial charge in [0.1, 0.15) is 12.4 Å². The molecule has 0 aliphatic carbocycles. The molecule has 0 saturated carbocycles. The molecular weight excluding hydrogens is 251 g/mol. The summed E-state index contributed by atoms with van der Waals surface area (Å²) in [5, 5.41) is 18.1. The summed E-state index contributed by atoms with van der Waals surface area (Å²) < 4.78 is 13.4. The van der Waals surface area contributed by atoms with Crippen LogP contribution in [0.15, 0.2) is 18.2 Å². The topological polar surface area (TPSA) is 40.5 Å². The molecule has 0 aliphatic rings. The van der Waals surface area contributed by atoms with Crippen molar-refractivity contribution in [2.24, 2.45) is 0 Å². The van der Waals surface area contributed by atoms with E-state index in [-0.39, 0.29) is 23.8 Å². The fourth-order valence-corrected chi connectivity index (χ4v) is 2.17. The molecule has 18 heavy (non-hydrogen) atoms. The van der Waals surface area contributed by atoms with Crippen LogP contribution in [-0.4, -0.2) is 28.2 Å². The van der Waals surface area contributed by atoms with Crippen molar-refractivity contribution in [1.29, 1.82) is 0 Å². The van der Waals surface area contributed by atoms with Crippen LogP contribution in [-0.2, 0) is 5.75 Å². The highest BCUT2D eigenvalue weighted by molar-refractivity contribution is 7.99. The molecule has 98 valence electrons. The van der Waals surface area contributed by atoms with Crippen molar-refractivity contribution >= 4 is 11.8 Å². The summed E-state index contributed by atoms with van der Waals surface area (Å²) in [7, 11) is 0. The number of thioether (sulfide) groups is 1. The summed E-state index contributed by atoms with van der Waals surface area (Å²) in [5.41, 5.74) is 1.25. The summed E-state index contributed by atoms with van der Waals surface area (Å²) >= 11 is 1.61. The first-order valence-electron chi connectivity index (χ1n) is 5.72. The second-order valence-corrected chi connectivity index (χ2v) is 5.40. The van der Waals surface area contributed by atoms with Gasteiger partial charge in [0.15, 0.2) is 0 Å². The standard InChI is InChI=1S/C14H17FO2S/c1-10(17)11(2)18-9-12-5-6-14(15)13(8-12)4-3-7-16/h5-6,8,10-11,16-17H,7,9H2,1-2H3. The van der Waals surface area contributed by atoms with E-state index >= 15 is 0 Å². The number of hydrogen-bond donors (Lipinski definition) is 2. The molecule has 0 radical (unpaired) electrons. The third-order valence-corrected chi connectivity index (χ3v) is 3.94. The molecule has 2 nitrogen and oxygen atoms in total. The molecule has 0 fully saturated rings. The van der Waals surface area contributed by atoms with Gasteiger partial charge in [-0.25, -0.2) is 4.39 Å². The first-order chi connectivity index (χ1) is 8.54. The van der Waals surface area contributed by atoms with Crippen molar-refractivity contribution in [2.45, 2.75) is 31.0 Å². The van der Waals surface area contributed by atoms with E-state index in [9.17, 15) is 9.50 Å². The lowest BCUT2D eigenvalue weighted by molar-refractivity contribution is 0.196. The molecular formula is C14H17FO2S. The van der Waals surface area contributed by atoms with Gasteiger partial charge in [-0.05, 0) is 24.6 Å². The maximum atomic E-state index is 13.4. The summed E-state index contributed by atoms with van der Waals surface area (Å²) in [4.78, 5) is 0. The Kier molecular flexibility index (Phi) is 6.20. The molecule has 0 spiro atoms. The van der Waals surface area contributed by atoms with E-state index < -0.39 is 0 Å². The molecule has 2 unspecified atom stereocenters. The molecule has 0 bridgehead atoms. The summed E-state index contributed by atoms with van der Waals surface area (Å²) in [5.74, 6) is 5.33. The van der Waals surface area contributed by atoms with Gasteiger partial charge in [-0.15, -0.1) is 0 Å². The minimum atomic E-state index is -0.381. The Morgan fingerprint density at radius 3 is 2.72 bits per heavy atom. The lowest BCUT2D eigenvalue weighted by Crippen LogP contribution is -2.15. The number of rotatable bonds is 4. The predicted octanol–water partition coefficient (Wildman–Crippen LogP) is 2.17. The SMILES string of the molecule is CC(O)C(C)SCc1ccc(F)c(C#CCO)c1. The Balaban J connectivity index is 2.73. The van der Waals surface area contributed by atoms with E-state index in [0.717, 1.165) is 5.56 Å². The molecule has 1 aromatic rings. The zero-order valence-corrected chi connectivity index (χ0v) is 11.3. The Hall–Kier alpha value is -1.02. The van der Waals surface area contributed by atoms with Crippen LogP contribution in [0.4, 0.5) is 4.39 Å². The summed E-state index contributed by atoms with van der Waals surface area (Å²) in [6, 6.07) is 4.77. The molecule has 2 N–H and O–H groups in total. The van der Waals surface area contributed by atoms with Crippen LogP contribution in [0.1, 0.15) is 25.0 Å². The van der Waals surface area contributed by atoms with Crippen LogP contribution in [0.5, 0.6) is 0 Å². The zero-order chi connectivity index (χ0) is 13.5. The second kappa shape index (κ2) is 7.42. The predicted molar refractivity (Wildman–Crippen MR) is 72.8 cm³/mol. The van der Waals surface area contributed by atoms with Crippen molar-refractivity contribution in [3.05, 3.63) is 35.1 Å². The monoisotopic (exact) mass is 268 g/mol. The second-order valence-electron chi connectivity index (χ2n) is 4.03. The average molecular weight is 268 g/mol. The molecule has 1 rings (SSSR count). The molecule has 0 amide bonds. The van der Waals surface area contributed by atoms with E-state index in [1.165, 1.54) is 6.07 Å². The van der Waals surface area contributed by atoms with Gasteiger partial charge < -0.3 is 10.2 Å². The van der Waals surface area contributed by atoms with Crippen molar-refractivity contribution in [3.8, 4) is 11.8 Å². The van der Waals surface area contributed by atoms with E-state index in [2.05, 4.69) is 11.8 Å². The highest BCUT2D eigenvalue weighted by Crippen LogP contribution is 2.21. The number of halogens is 1. The van der Waals surface area contributed by atoms with Crippen molar-refractivity contribution in [1.82, 2.24) is 0 Å². The Morgan fingerprint density at radius 2 is 2.11 bits per heavy atom. The normalized spacial score (nSPS) is 13.6. The minimum Gasteiger partial charge on any atom is -0.392 e. The minimum absolute atomic E-state index is 0.127. The van der Waals surface area contributed by atoms with E-state index in [4.69, 9.17) is 5.11 Å². The lowest BCUT2D eigenvalue weighted by Gasteiger charge is -2.14. The van der Waals surface area contributed by atoms with Crippen LogP contribution in [0.25, 0.3) is 0 Å². The fraction of sp³-hybridized carbons (Fsp3) is 0.429. The zero-order valence-electron chi connectivity index (χ0n) is 10.5. The maximum absolute atomic E-state index is 13.4. The quantitative estimate of drug-likeness (QED) is 0.822. The van der Waals surface area contributed by atoms with E-state index in [1.807, 2.05) is 6.92 Å². The van der Waals surface area contributed by atoms with Crippen LogP contribution < -0.4 is 0 Å². The third-order valence-electron chi connectivity index (χ3n) is 2.53. The molecule has 0 aliphatic heterocycles.